The Kier molecular flexibility index (Phi) is 7.57. The van der Waals surface area contributed by atoms with Gasteiger partial charge in [0.2, 0.25) is 23.6 Å². The number of hydrogen-bond donors (Lipinski definition) is 2. The number of phenols is 1. The van der Waals surface area contributed by atoms with Crippen LogP contribution in [0.4, 0.5) is 10.6 Å². The highest BCUT2D eigenvalue weighted by Crippen LogP contribution is 2.65. The second-order valence-corrected chi connectivity index (χ2v) is 16.2. The van der Waals surface area contributed by atoms with Crippen molar-refractivity contribution in [1.29, 1.82) is 0 Å². The first-order valence-electron chi connectivity index (χ1n) is 16.2. The van der Waals surface area contributed by atoms with E-state index < -0.39 is 64.7 Å². The maximum Gasteiger partial charge on any atom is 0.328 e. The lowest BCUT2D eigenvalue weighted by Crippen LogP contribution is -2.49. The number of primary amides is 1. The Hall–Kier alpha value is -4.53. The summed E-state index contributed by atoms with van der Waals surface area (Å²) in [7, 11) is 3.07. The van der Waals surface area contributed by atoms with E-state index >= 15 is 4.79 Å². The number of aromatic hydroxyl groups is 1. The topological polar surface area (TPSA) is 165 Å². The number of benzene rings is 2. The number of phenolic OH excluding ortho intramolecular Hbond substituents is 1. The third-order valence-electron chi connectivity index (χ3n) is 11.3. The summed E-state index contributed by atoms with van der Waals surface area (Å²) >= 11 is 11.3. The van der Waals surface area contributed by atoms with Gasteiger partial charge < -0.3 is 15.6 Å². The second kappa shape index (κ2) is 11.5. The number of hydrogen-bond acceptors (Lipinski definition) is 9. The standard InChI is InChI=1S/C36H31BrClN5O7S/c1-14-19-11-16(38)5-8-25(19)51-30(14)23-13-26(41(3)40-23)42-32(46)22-12-20-17(6-7-18-27(20)33(47)43(31(18)45)35(39)49)28(36(22,2)34(42)48)21-9-15(37)10-24(50-4)29(21)44/h5-6,8-11,13,18,20,22,27-28,44H,7,12H2,1-4H3,(H2,39,49)/t18-,20+,22-,27-,28+,36+/m0/s1. The monoisotopic (exact) mass is 791 g/mol. The van der Waals surface area contributed by atoms with Crippen molar-refractivity contribution in [3.05, 3.63) is 68.7 Å². The molecule has 2 aromatic carbocycles. The first-order valence-corrected chi connectivity index (χ1v) is 18.2. The maximum absolute atomic E-state index is 15.0. The quantitative estimate of drug-likeness (QED) is 0.186. The Morgan fingerprint density at radius 2 is 1.86 bits per heavy atom. The zero-order valence-corrected chi connectivity index (χ0v) is 30.9. The SMILES string of the molecule is COc1cc(Br)cc([C@H]2C3=CC[C@@H]4C(=O)N(C(N)=O)C(=O)[C@@H]4[C@@H]3C[C@H]3C(=O)N(c4cc(-c5sc6ccc(Cl)cc6c5C)nn4C)C(=O)[C@@]23C)c1O. The van der Waals surface area contributed by atoms with E-state index in [2.05, 4.69) is 15.9 Å². The summed E-state index contributed by atoms with van der Waals surface area (Å²) in [6.07, 6.45) is 1.99. The summed E-state index contributed by atoms with van der Waals surface area (Å²) in [4.78, 5) is 71.5. The van der Waals surface area contributed by atoms with Crippen LogP contribution in [0.15, 0.2) is 52.5 Å². The van der Waals surface area contributed by atoms with Crippen LogP contribution in [0.5, 0.6) is 11.5 Å². The molecule has 3 fully saturated rings. The van der Waals surface area contributed by atoms with Crippen molar-refractivity contribution in [3.8, 4) is 22.1 Å². The Balaban J connectivity index is 1.28. The van der Waals surface area contributed by atoms with E-state index in [1.54, 1.807) is 32.2 Å². The predicted molar refractivity (Wildman–Crippen MR) is 192 cm³/mol. The number of thiophene rings is 1. The number of allylic oxidation sites excluding steroid dienone is 2. The Morgan fingerprint density at radius 3 is 2.57 bits per heavy atom. The Bertz CT molecular complexity index is 2320. The molecule has 2 saturated heterocycles. The number of nitrogens with two attached hydrogens (primary N) is 1. The van der Waals surface area contributed by atoms with Crippen LogP contribution in [-0.2, 0) is 26.2 Å². The van der Waals surface area contributed by atoms with Gasteiger partial charge in [0.1, 0.15) is 11.5 Å². The zero-order chi connectivity index (χ0) is 36.4. The molecule has 15 heteroatoms. The molecule has 4 aromatic rings. The van der Waals surface area contributed by atoms with E-state index in [1.165, 1.54) is 23.1 Å². The molecule has 12 nitrogen and oxygen atoms in total. The average Bonchev–Trinajstić information content (AvgIpc) is 3.75. The molecule has 0 spiro atoms. The van der Waals surface area contributed by atoms with E-state index in [0.717, 1.165) is 25.4 Å². The fourth-order valence-electron chi connectivity index (χ4n) is 8.98. The summed E-state index contributed by atoms with van der Waals surface area (Å²) in [5.41, 5.74) is 6.52. The van der Waals surface area contributed by atoms with Crippen molar-refractivity contribution in [2.45, 2.75) is 32.6 Å². The number of urea groups is 1. The van der Waals surface area contributed by atoms with Crippen molar-refractivity contribution in [2.75, 3.05) is 12.0 Å². The molecular weight excluding hydrogens is 762 g/mol. The first kappa shape index (κ1) is 33.6. The number of aryl methyl sites for hydroxylation is 2. The lowest BCUT2D eigenvalue weighted by Gasteiger charge is -2.49. The number of amides is 6. The number of carbonyl (C=O) groups is 5. The average molecular weight is 793 g/mol. The third-order valence-corrected chi connectivity index (χ3v) is 13.3. The fourth-order valence-corrected chi connectivity index (χ4v) is 10.8. The van der Waals surface area contributed by atoms with E-state index in [0.29, 0.717) is 31.2 Å². The summed E-state index contributed by atoms with van der Waals surface area (Å²) in [6.45, 7) is 3.69. The van der Waals surface area contributed by atoms with Crippen LogP contribution in [0.1, 0.15) is 36.8 Å². The van der Waals surface area contributed by atoms with Gasteiger partial charge in [-0.05, 0) is 73.9 Å². The van der Waals surface area contributed by atoms with Gasteiger partial charge in [-0.3, -0.25) is 23.9 Å². The van der Waals surface area contributed by atoms with Gasteiger partial charge in [0.15, 0.2) is 11.5 Å². The summed E-state index contributed by atoms with van der Waals surface area (Å²) in [5, 5.41) is 17.9. The van der Waals surface area contributed by atoms with E-state index in [4.69, 9.17) is 27.2 Å². The number of anilines is 1. The number of fused-ring (bicyclic) bond motifs is 5. The number of likely N-dealkylation sites (tertiary alicyclic amines) is 1. The minimum atomic E-state index is -1.45. The number of rotatable bonds is 4. The molecule has 0 bridgehead atoms. The lowest BCUT2D eigenvalue weighted by atomic mass is 9.51. The van der Waals surface area contributed by atoms with Crippen molar-refractivity contribution in [2.24, 2.45) is 41.9 Å². The molecule has 4 aliphatic rings. The molecule has 0 unspecified atom stereocenters. The number of nitrogens with zero attached hydrogens (tertiary/aromatic N) is 4. The lowest BCUT2D eigenvalue weighted by molar-refractivity contribution is -0.136. The Morgan fingerprint density at radius 1 is 1.12 bits per heavy atom. The summed E-state index contributed by atoms with van der Waals surface area (Å²) < 4.78 is 8.55. The molecule has 2 aliphatic heterocycles. The molecule has 6 amide bonds. The third kappa shape index (κ3) is 4.55. The van der Waals surface area contributed by atoms with Crippen molar-refractivity contribution < 1.29 is 33.8 Å². The largest absolute Gasteiger partial charge is 0.504 e. The van der Waals surface area contributed by atoms with Crippen molar-refractivity contribution in [1.82, 2.24) is 14.7 Å². The zero-order valence-electron chi connectivity index (χ0n) is 27.8. The maximum atomic E-state index is 15.0. The van der Waals surface area contributed by atoms with Gasteiger partial charge in [-0.15, -0.1) is 11.3 Å². The van der Waals surface area contributed by atoms with Crippen LogP contribution >= 0.6 is 38.9 Å². The fraction of sp³-hybridized carbons (Fsp3) is 0.333. The van der Waals surface area contributed by atoms with Crippen molar-refractivity contribution >= 4 is 84.4 Å². The number of methoxy groups -OCH3 is 1. The Labute approximate surface area is 308 Å². The molecular formula is C36H31BrClN5O7S. The van der Waals surface area contributed by atoms with E-state index in [1.807, 2.05) is 31.2 Å². The van der Waals surface area contributed by atoms with Gasteiger partial charge in [0.25, 0.3) is 0 Å². The van der Waals surface area contributed by atoms with Crippen LogP contribution in [0.2, 0.25) is 5.02 Å². The van der Waals surface area contributed by atoms with Crippen LogP contribution in [0, 0.1) is 36.0 Å². The van der Waals surface area contributed by atoms with Crippen LogP contribution in [-0.4, -0.2) is 56.6 Å². The van der Waals surface area contributed by atoms with Crippen LogP contribution < -0.4 is 15.4 Å². The smallest absolute Gasteiger partial charge is 0.328 e. The molecule has 262 valence electrons. The normalized spacial score (nSPS) is 27.2. The van der Waals surface area contributed by atoms with Gasteiger partial charge in [-0.25, -0.2) is 9.69 Å². The van der Waals surface area contributed by atoms with Crippen LogP contribution in [0.25, 0.3) is 20.7 Å². The van der Waals surface area contributed by atoms with Crippen molar-refractivity contribution in [3.63, 3.8) is 0 Å². The van der Waals surface area contributed by atoms with Gasteiger partial charge in [-0.1, -0.05) is 39.2 Å². The molecule has 8 rings (SSSR count). The van der Waals surface area contributed by atoms with Gasteiger partial charge in [-0.2, -0.15) is 10.00 Å². The molecule has 3 N–H and O–H groups in total. The number of ether oxygens (including phenoxy) is 1. The summed E-state index contributed by atoms with van der Waals surface area (Å²) in [6, 6.07) is 9.48. The summed E-state index contributed by atoms with van der Waals surface area (Å²) in [5.74, 6) is -6.62. The molecule has 0 radical (unpaired) electrons. The highest BCUT2D eigenvalue weighted by atomic mass is 79.9. The van der Waals surface area contributed by atoms with E-state index in [9.17, 15) is 24.3 Å². The van der Waals surface area contributed by atoms with E-state index in [-0.39, 0.29) is 30.2 Å². The number of halogens is 2. The minimum Gasteiger partial charge on any atom is -0.504 e. The molecule has 1 saturated carbocycles. The van der Waals surface area contributed by atoms with Gasteiger partial charge in [0, 0.05) is 38.8 Å². The molecule has 6 atom stereocenters. The highest BCUT2D eigenvalue weighted by Gasteiger charge is 2.68. The first-order chi connectivity index (χ1) is 24.2. The number of aromatic nitrogens is 2. The van der Waals surface area contributed by atoms with Crippen LogP contribution in [0.3, 0.4) is 0 Å². The minimum absolute atomic E-state index is 0.0550. The molecule has 2 aromatic heterocycles. The molecule has 4 heterocycles. The predicted octanol–water partition coefficient (Wildman–Crippen LogP) is 6.05. The van der Waals surface area contributed by atoms with Gasteiger partial charge in [0.05, 0.1) is 35.2 Å². The molecule has 2 aliphatic carbocycles. The second-order valence-electron chi connectivity index (χ2n) is 13.8. The molecule has 51 heavy (non-hydrogen) atoms. The number of imide groups is 4. The highest BCUT2D eigenvalue weighted by molar-refractivity contribution is 9.10. The number of carbonyl (C=O) groups excluding carboxylic acids is 5. The van der Waals surface area contributed by atoms with Gasteiger partial charge >= 0.3 is 6.03 Å².